The van der Waals surface area contributed by atoms with E-state index in [2.05, 4.69) is 20.8 Å². The van der Waals surface area contributed by atoms with E-state index >= 15 is 0 Å². The number of benzene rings is 1. The second-order valence-electron chi connectivity index (χ2n) is 4.84. The topological polar surface area (TPSA) is 83.5 Å². The first kappa shape index (κ1) is 15.2. The minimum Gasteiger partial charge on any atom is -0.324 e. The molecule has 0 bridgehead atoms. The number of anilines is 1. The van der Waals surface area contributed by atoms with Crippen LogP contribution in [0.25, 0.3) is 0 Å². The Kier molecular flexibility index (Phi) is 4.68. The lowest BCUT2D eigenvalue weighted by atomic mass is 10.2. The molecule has 1 aromatic heterocycles. The average molecular weight is 326 g/mol. The second kappa shape index (κ2) is 7.06. The molecule has 2 heterocycles. The standard InChI is InChI=1S/C16H14N4O2S/c21-15(20-18-10-11-5-3-4-8-17-11)9-14-16(22)19-12-6-1-2-7-13(12)23-14/h1-8,10,14H,9H2,(H,19,22)(H,20,21)/b18-10+. The molecule has 1 atom stereocenters. The third-order valence-electron chi connectivity index (χ3n) is 3.15. The molecule has 1 aliphatic rings. The van der Waals surface area contributed by atoms with Gasteiger partial charge >= 0.3 is 0 Å². The van der Waals surface area contributed by atoms with Gasteiger partial charge in [0.05, 0.1) is 22.8 Å². The van der Waals surface area contributed by atoms with Crippen LogP contribution < -0.4 is 10.7 Å². The van der Waals surface area contributed by atoms with Crippen molar-refractivity contribution in [1.82, 2.24) is 10.4 Å². The number of amides is 2. The first-order chi connectivity index (χ1) is 11.2. The van der Waals surface area contributed by atoms with Crippen LogP contribution >= 0.6 is 11.8 Å². The molecule has 0 spiro atoms. The molecule has 3 rings (SSSR count). The van der Waals surface area contributed by atoms with E-state index < -0.39 is 5.25 Å². The van der Waals surface area contributed by atoms with Gasteiger partial charge in [0, 0.05) is 17.5 Å². The maximum absolute atomic E-state index is 12.0. The van der Waals surface area contributed by atoms with E-state index in [9.17, 15) is 9.59 Å². The minimum atomic E-state index is -0.463. The molecule has 2 N–H and O–H groups in total. The quantitative estimate of drug-likeness (QED) is 0.665. The number of aromatic nitrogens is 1. The average Bonchev–Trinajstić information content (AvgIpc) is 2.56. The fraction of sp³-hybridized carbons (Fsp3) is 0.125. The van der Waals surface area contributed by atoms with E-state index in [0.717, 1.165) is 10.6 Å². The number of hydrazone groups is 1. The van der Waals surface area contributed by atoms with Crippen molar-refractivity contribution in [1.29, 1.82) is 0 Å². The number of carbonyl (C=O) groups excluding carboxylic acids is 2. The summed E-state index contributed by atoms with van der Waals surface area (Å²) in [5.41, 5.74) is 3.85. The van der Waals surface area contributed by atoms with Gasteiger partial charge in [0.25, 0.3) is 0 Å². The van der Waals surface area contributed by atoms with Crippen LogP contribution in [0.1, 0.15) is 12.1 Å². The van der Waals surface area contributed by atoms with E-state index in [1.54, 1.807) is 18.3 Å². The van der Waals surface area contributed by atoms with E-state index in [-0.39, 0.29) is 18.2 Å². The molecule has 2 aromatic rings. The lowest BCUT2D eigenvalue weighted by molar-refractivity contribution is -0.124. The van der Waals surface area contributed by atoms with Crippen LogP contribution in [-0.2, 0) is 9.59 Å². The Labute approximate surface area is 137 Å². The monoisotopic (exact) mass is 326 g/mol. The summed E-state index contributed by atoms with van der Waals surface area (Å²) in [6.07, 6.45) is 3.16. The van der Waals surface area contributed by atoms with Crippen LogP contribution in [0.3, 0.4) is 0 Å². The first-order valence-electron chi connectivity index (χ1n) is 7.02. The van der Waals surface area contributed by atoms with Crippen LogP contribution in [0.5, 0.6) is 0 Å². The van der Waals surface area contributed by atoms with Gasteiger partial charge in [-0.2, -0.15) is 5.10 Å². The van der Waals surface area contributed by atoms with Crippen molar-refractivity contribution in [3.63, 3.8) is 0 Å². The minimum absolute atomic E-state index is 0.0599. The number of carbonyl (C=O) groups is 2. The van der Waals surface area contributed by atoms with E-state index in [1.165, 1.54) is 18.0 Å². The Morgan fingerprint density at radius 3 is 2.96 bits per heavy atom. The highest BCUT2D eigenvalue weighted by molar-refractivity contribution is 8.01. The molecular formula is C16H14N4O2S. The Hall–Kier alpha value is -2.67. The fourth-order valence-corrected chi connectivity index (χ4v) is 3.17. The zero-order valence-electron chi connectivity index (χ0n) is 12.1. The molecule has 1 aromatic carbocycles. The van der Waals surface area contributed by atoms with Crippen LogP contribution in [0.4, 0.5) is 5.69 Å². The van der Waals surface area contributed by atoms with Gasteiger partial charge in [-0.3, -0.25) is 14.6 Å². The summed E-state index contributed by atoms with van der Waals surface area (Å²) in [5.74, 6) is -0.484. The Bertz CT molecular complexity index is 749. The first-order valence-corrected chi connectivity index (χ1v) is 7.90. The molecule has 0 aliphatic carbocycles. The van der Waals surface area contributed by atoms with Crippen LogP contribution in [0, 0.1) is 0 Å². The predicted octanol–water partition coefficient (Wildman–Crippen LogP) is 2.03. The summed E-state index contributed by atoms with van der Waals surface area (Å²) in [4.78, 5) is 29.0. The van der Waals surface area contributed by atoms with Gasteiger partial charge < -0.3 is 5.32 Å². The summed E-state index contributed by atoms with van der Waals surface area (Å²) in [6, 6.07) is 12.9. The van der Waals surface area contributed by atoms with Crippen molar-refractivity contribution in [2.45, 2.75) is 16.6 Å². The second-order valence-corrected chi connectivity index (χ2v) is 6.09. The van der Waals surface area contributed by atoms with Crippen LogP contribution in [0.15, 0.2) is 58.7 Å². The van der Waals surface area contributed by atoms with Gasteiger partial charge in [-0.1, -0.05) is 18.2 Å². The lowest BCUT2D eigenvalue weighted by Crippen LogP contribution is -2.33. The Morgan fingerprint density at radius 1 is 1.30 bits per heavy atom. The molecule has 6 nitrogen and oxygen atoms in total. The molecule has 0 saturated carbocycles. The molecule has 23 heavy (non-hydrogen) atoms. The molecule has 1 unspecified atom stereocenters. The third-order valence-corrected chi connectivity index (χ3v) is 4.43. The molecular weight excluding hydrogens is 312 g/mol. The normalized spacial score (nSPS) is 16.7. The van der Waals surface area contributed by atoms with Crippen molar-refractivity contribution in [3.05, 3.63) is 54.4 Å². The van der Waals surface area contributed by atoms with Gasteiger partial charge in [0.2, 0.25) is 11.8 Å². The zero-order valence-corrected chi connectivity index (χ0v) is 12.9. The van der Waals surface area contributed by atoms with Crippen molar-refractivity contribution in [3.8, 4) is 0 Å². The van der Waals surface area contributed by atoms with Crippen molar-refractivity contribution >= 4 is 35.5 Å². The molecule has 2 amide bonds. The summed E-state index contributed by atoms with van der Waals surface area (Å²) in [5, 5.41) is 6.19. The van der Waals surface area contributed by atoms with Gasteiger partial charge in [0.1, 0.15) is 0 Å². The number of hydrogen-bond donors (Lipinski definition) is 2. The number of para-hydroxylation sites is 1. The number of rotatable bonds is 4. The summed E-state index contributed by atoms with van der Waals surface area (Å²) < 4.78 is 0. The summed E-state index contributed by atoms with van der Waals surface area (Å²) in [7, 11) is 0. The van der Waals surface area contributed by atoms with Crippen molar-refractivity contribution in [2.75, 3.05) is 5.32 Å². The van der Waals surface area contributed by atoms with Gasteiger partial charge in [-0.15, -0.1) is 11.8 Å². The molecule has 0 radical (unpaired) electrons. The number of pyridine rings is 1. The molecule has 1 aliphatic heterocycles. The SMILES string of the molecule is O=C(CC1Sc2ccccc2NC1=O)N/N=C/c1ccccn1. The highest BCUT2D eigenvalue weighted by Gasteiger charge is 2.28. The highest BCUT2D eigenvalue weighted by Crippen LogP contribution is 2.36. The number of thioether (sulfide) groups is 1. The maximum atomic E-state index is 12.0. The van der Waals surface area contributed by atoms with Crippen LogP contribution in [-0.4, -0.2) is 28.3 Å². The Morgan fingerprint density at radius 2 is 2.13 bits per heavy atom. The van der Waals surface area contributed by atoms with Crippen LogP contribution in [0.2, 0.25) is 0 Å². The molecule has 0 saturated heterocycles. The van der Waals surface area contributed by atoms with Crippen molar-refractivity contribution in [2.24, 2.45) is 5.10 Å². The smallest absolute Gasteiger partial charge is 0.241 e. The molecule has 0 fully saturated rings. The van der Waals surface area contributed by atoms with Crippen molar-refractivity contribution < 1.29 is 9.59 Å². The fourth-order valence-electron chi connectivity index (χ4n) is 2.06. The highest BCUT2D eigenvalue weighted by atomic mass is 32.2. The van der Waals surface area contributed by atoms with Gasteiger partial charge in [-0.05, 0) is 24.3 Å². The number of hydrogen-bond acceptors (Lipinski definition) is 5. The third kappa shape index (κ3) is 3.95. The molecule has 116 valence electrons. The number of nitrogens with one attached hydrogen (secondary N) is 2. The number of fused-ring (bicyclic) bond motifs is 1. The maximum Gasteiger partial charge on any atom is 0.241 e. The van der Waals surface area contributed by atoms with E-state index in [0.29, 0.717) is 5.69 Å². The Balaban J connectivity index is 1.56. The van der Waals surface area contributed by atoms with Gasteiger partial charge in [0.15, 0.2) is 0 Å². The lowest BCUT2D eigenvalue weighted by Gasteiger charge is -2.23. The van der Waals surface area contributed by atoms with Gasteiger partial charge in [-0.25, -0.2) is 5.43 Å². The number of nitrogens with zero attached hydrogens (tertiary/aromatic N) is 2. The van der Waals surface area contributed by atoms with E-state index in [4.69, 9.17) is 0 Å². The zero-order chi connectivity index (χ0) is 16.1. The summed E-state index contributed by atoms with van der Waals surface area (Å²) >= 11 is 1.39. The summed E-state index contributed by atoms with van der Waals surface area (Å²) in [6.45, 7) is 0. The van der Waals surface area contributed by atoms with E-state index in [1.807, 2.05) is 30.3 Å². The largest absolute Gasteiger partial charge is 0.324 e. The molecule has 7 heteroatoms. The predicted molar refractivity (Wildman–Crippen MR) is 89.3 cm³/mol.